The standard InChI is InChI=1S/C20H17Cl2NO2S/c1-12-6-7-15(8-13(12)2)25-10-14-9-18(26-11-14)20(24)23-19-16(21)4-3-5-17(19)22/h3-9,11H,10H2,1-2H3,(H,23,24). The van der Waals surface area contributed by atoms with Crippen LogP contribution in [0.4, 0.5) is 5.69 Å². The maximum absolute atomic E-state index is 12.4. The van der Waals surface area contributed by atoms with Crippen LogP contribution in [0, 0.1) is 13.8 Å². The summed E-state index contributed by atoms with van der Waals surface area (Å²) in [5.74, 6) is 0.565. The van der Waals surface area contributed by atoms with Gasteiger partial charge in [0.2, 0.25) is 0 Å². The van der Waals surface area contributed by atoms with Gasteiger partial charge in [-0.05, 0) is 60.7 Å². The van der Waals surface area contributed by atoms with Crippen molar-refractivity contribution in [1.82, 2.24) is 0 Å². The number of rotatable bonds is 5. The van der Waals surface area contributed by atoms with Gasteiger partial charge in [0.15, 0.2) is 0 Å². The Labute approximate surface area is 166 Å². The van der Waals surface area contributed by atoms with Gasteiger partial charge < -0.3 is 10.1 Å². The Kier molecular flexibility index (Phi) is 5.87. The fraction of sp³-hybridized carbons (Fsp3) is 0.150. The second-order valence-corrected chi connectivity index (χ2v) is 7.63. The summed E-state index contributed by atoms with van der Waals surface area (Å²) in [6.07, 6.45) is 0. The number of thiophene rings is 1. The molecule has 0 aliphatic carbocycles. The summed E-state index contributed by atoms with van der Waals surface area (Å²) in [5.41, 5.74) is 3.76. The molecular formula is C20H17Cl2NO2S. The van der Waals surface area contributed by atoms with E-state index in [1.165, 1.54) is 22.5 Å². The van der Waals surface area contributed by atoms with Gasteiger partial charge in [0.1, 0.15) is 12.4 Å². The monoisotopic (exact) mass is 405 g/mol. The molecule has 1 heterocycles. The maximum atomic E-state index is 12.4. The molecule has 3 rings (SSSR count). The van der Waals surface area contributed by atoms with E-state index in [0.29, 0.717) is 27.2 Å². The molecule has 0 spiro atoms. The zero-order valence-corrected chi connectivity index (χ0v) is 16.6. The molecule has 0 saturated heterocycles. The second kappa shape index (κ2) is 8.12. The van der Waals surface area contributed by atoms with E-state index in [-0.39, 0.29) is 5.91 Å². The zero-order chi connectivity index (χ0) is 18.7. The third-order valence-corrected chi connectivity index (χ3v) is 5.57. The average Bonchev–Trinajstić information content (AvgIpc) is 3.08. The van der Waals surface area contributed by atoms with Gasteiger partial charge in [-0.2, -0.15) is 0 Å². The van der Waals surface area contributed by atoms with Crippen LogP contribution in [0.2, 0.25) is 10.0 Å². The minimum Gasteiger partial charge on any atom is -0.489 e. The molecule has 0 saturated carbocycles. The van der Waals surface area contributed by atoms with Crippen LogP contribution < -0.4 is 10.1 Å². The van der Waals surface area contributed by atoms with Crippen molar-refractivity contribution in [2.45, 2.75) is 20.5 Å². The van der Waals surface area contributed by atoms with Gasteiger partial charge in [0.25, 0.3) is 5.91 Å². The highest BCUT2D eigenvalue weighted by Gasteiger charge is 2.13. The number of para-hydroxylation sites is 1. The zero-order valence-electron chi connectivity index (χ0n) is 14.3. The number of nitrogens with one attached hydrogen (secondary N) is 1. The maximum Gasteiger partial charge on any atom is 0.265 e. The number of benzene rings is 2. The second-order valence-electron chi connectivity index (χ2n) is 5.90. The fourth-order valence-corrected chi connectivity index (χ4v) is 3.62. The molecule has 26 heavy (non-hydrogen) atoms. The van der Waals surface area contributed by atoms with E-state index in [1.807, 2.05) is 29.6 Å². The number of amides is 1. The van der Waals surface area contributed by atoms with Crippen molar-refractivity contribution in [1.29, 1.82) is 0 Å². The molecule has 3 aromatic rings. The van der Waals surface area contributed by atoms with Crippen LogP contribution in [-0.4, -0.2) is 5.91 Å². The van der Waals surface area contributed by atoms with E-state index < -0.39 is 0 Å². The summed E-state index contributed by atoms with van der Waals surface area (Å²) in [6.45, 7) is 4.52. The largest absolute Gasteiger partial charge is 0.489 e. The van der Waals surface area contributed by atoms with Gasteiger partial charge in [0, 0.05) is 5.56 Å². The minimum absolute atomic E-state index is 0.248. The Morgan fingerprint density at radius 2 is 1.81 bits per heavy atom. The molecule has 0 aliphatic rings. The molecule has 0 unspecified atom stereocenters. The molecule has 1 N–H and O–H groups in total. The molecule has 0 fully saturated rings. The summed E-state index contributed by atoms with van der Waals surface area (Å²) in [5, 5.41) is 5.48. The van der Waals surface area contributed by atoms with Gasteiger partial charge >= 0.3 is 0 Å². The summed E-state index contributed by atoms with van der Waals surface area (Å²) in [4.78, 5) is 13.0. The third-order valence-electron chi connectivity index (χ3n) is 3.96. The Balaban J connectivity index is 1.65. The number of halogens is 2. The van der Waals surface area contributed by atoms with Crippen molar-refractivity contribution in [3.63, 3.8) is 0 Å². The SMILES string of the molecule is Cc1ccc(OCc2csc(C(=O)Nc3c(Cl)cccc3Cl)c2)cc1C. The Morgan fingerprint density at radius 3 is 2.50 bits per heavy atom. The van der Waals surface area contributed by atoms with Gasteiger partial charge in [-0.3, -0.25) is 4.79 Å². The van der Waals surface area contributed by atoms with Crippen molar-refractivity contribution in [3.05, 3.63) is 79.5 Å². The molecule has 0 radical (unpaired) electrons. The highest BCUT2D eigenvalue weighted by atomic mass is 35.5. The number of hydrogen-bond acceptors (Lipinski definition) is 3. The van der Waals surface area contributed by atoms with Crippen molar-refractivity contribution in [2.75, 3.05) is 5.32 Å². The lowest BCUT2D eigenvalue weighted by atomic mass is 10.1. The fourth-order valence-electron chi connectivity index (χ4n) is 2.33. The van der Waals surface area contributed by atoms with Crippen LogP contribution in [0.25, 0.3) is 0 Å². The predicted molar refractivity (Wildman–Crippen MR) is 109 cm³/mol. The van der Waals surface area contributed by atoms with E-state index >= 15 is 0 Å². The summed E-state index contributed by atoms with van der Waals surface area (Å²) >= 11 is 13.5. The number of anilines is 1. The van der Waals surface area contributed by atoms with Crippen molar-refractivity contribution >= 4 is 46.1 Å². The van der Waals surface area contributed by atoms with E-state index in [0.717, 1.165) is 11.3 Å². The number of hydrogen-bond donors (Lipinski definition) is 1. The van der Waals surface area contributed by atoms with Crippen molar-refractivity contribution in [3.8, 4) is 5.75 Å². The molecule has 0 aliphatic heterocycles. The van der Waals surface area contributed by atoms with Crippen molar-refractivity contribution < 1.29 is 9.53 Å². The number of carbonyl (C=O) groups is 1. The lowest BCUT2D eigenvalue weighted by Crippen LogP contribution is -2.11. The molecule has 0 bridgehead atoms. The summed E-state index contributed by atoms with van der Waals surface area (Å²) in [7, 11) is 0. The van der Waals surface area contributed by atoms with Gasteiger partial charge in [0.05, 0.1) is 20.6 Å². The van der Waals surface area contributed by atoms with Gasteiger partial charge in [-0.25, -0.2) is 0 Å². The van der Waals surface area contributed by atoms with Crippen LogP contribution >= 0.6 is 34.5 Å². The van der Waals surface area contributed by atoms with Crippen LogP contribution in [0.3, 0.4) is 0 Å². The minimum atomic E-state index is -0.248. The first-order valence-electron chi connectivity index (χ1n) is 7.97. The lowest BCUT2D eigenvalue weighted by molar-refractivity contribution is 0.103. The van der Waals surface area contributed by atoms with Crippen LogP contribution in [0.5, 0.6) is 5.75 Å². The smallest absolute Gasteiger partial charge is 0.265 e. The molecule has 1 amide bonds. The number of carbonyl (C=O) groups excluding carboxylic acids is 1. The first-order valence-corrected chi connectivity index (χ1v) is 9.60. The first kappa shape index (κ1) is 18.8. The average molecular weight is 406 g/mol. The van der Waals surface area contributed by atoms with E-state index in [1.54, 1.807) is 18.2 Å². The normalized spacial score (nSPS) is 10.6. The van der Waals surface area contributed by atoms with Gasteiger partial charge in [-0.1, -0.05) is 35.3 Å². The van der Waals surface area contributed by atoms with E-state index in [2.05, 4.69) is 19.2 Å². The van der Waals surface area contributed by atoms with E-state index in [9.17, 15) is 4.79 Å². The molecule has 2 aromatic carbocycles. The molecule has 3 nitrogen and oxygen atoms in total. The highest BCUT2D eigenvalue weighted by molar-refractivity contribution is 7.12. The molecular weight excluding hydrogens is 389 g/mol. The summed E-state index contributed by atoms with van der Waals surface area (Å²) in [6, 6.07) is 12.9. The van der Waals surface area contributed by atoms with Crippen molar-refractivity contribution in [2.24, 2.45) is 0 Å². The molecule has 134 valence electrons. The Morgan fingerprint density at radius 1 is 1.08 bits per heavy atom. The highest BCUT2D eigenvalue weighted by Crippen LogP contribution is 2.30. The topological polar surface area (TPSA) is 38.3 Å². The van der Waals surface area contributed by atoms with Gasteiger partial charge in [-0.15, -0.1) is 11.3 Å². The molecule has 6 heteroatoms. The lowest BCUT2D eigenvalue weighted by Gasteiger charge is -2.08. The quantitative estimate of drug-likeness (QED) is 0.525. The van der Waals surface area contributed by atoms with E-state index in [4.69, 9.17) is 27.9 Å². The predicted octanol–water partition coefficient (Wildman–Crippen LogP) is 6.50. The van der Waals surface area contributed by atoms with Crippen LogP contribution in [-0.2, 0) is 6.61 Å². The summed E-state index contributed by atoms with van der Waals surface area (Å²) < 4.78 is 5.81. The Bertz CT molecular complexity index is 932. The van der Waals surface area contributed by atoms with Crippen LogP contribution in [0.1, 0.15) is 26.4 Å². The first-order chi connectivity index (χ1) is 12.4. The van der Waals surface area contributed by atoms with Crippen LogP contribution in [0.15, 0.2) is 47.8 Å². The Hall–Kier alpha value is -2.01. The molecule has 1 aromatic heterocycles. The number of aryl methyl sites for hydroxylation is 2. The third kappa shape index (κ3) is 4.39. The number of ether oxygens (including phenoxy) is 1. The molecule has 0 atom stereocenters.